The van der Waals surface area contributed by atoms with Gasteiger partial charge in [0.15, 0.2) is 0 Å². The summed E-state index contributed by atoms with van der Waals surface area (Å²) in [5.74, 6) is -0.512. The van der Waals surface area contributed by atoms with Crippen LogP contribution in [0.25, 0.3) is 22.5 Å². The molecule has 0 aliphatic carbocycles. The number of carbonyl (C=O) groups excluding carboxylic acids is 1. The second-order valence-corrected chi connectivity index (χ2v) is 6.31. The lowest BCUT2D eigenvalue weighted by atomic mass is 10.0. The number of carbonyl (C=O) groups is 1. The number of cyclic esters (lactones) is 1. The maximum absolute atomic E-state index is 14.8. The molecular weight excluding hydrogens is 351 g/mol. The second kappa shape index (κ2) is 6.81. The summed E-state index contributed by atoms with van der Waals surface area (Å²) in [6.45, 7) is 1.71. The van der Waals surface area contributed by atoms with Gasteiger partial charge >= 0.3 is 6.09 Å². The van der Waals surface area contributed by atoms with Crippen molar-refractivity contribution in [2.24, 2.45) is 0 Å². The number of amides is 1. The van der Waals surface area contributed by atoms with Crippen LogP contribution in [-0.2, 0) is 4.74 Å². The molecule has 1 fully saturated rings. The first-order valence-electron chi connectivity index (χ1n) is 8.45. The van der Waals surface area contributed by atoms with Crippen LogP contribution >= 0.6 is 0 Å². The molecule has 3 aromatic rings. The van der Waals surface area contributed by atoms with Crippen LogP contribution in [0.4, 0.5) is 14.9 Å². The van der Waals surface area contributed by atoms with E-state index in [2.05, 4.69) is 15.2 Å². The number of hydrogen-bond acceptors (Lipinski definition) is 5. The maximum Gasteiger partial charge on any atom is 0.414 e. The highest BCUT2D eigenvalue weighted by atomic mass is 19.1. The minimum atomic E-state index is -0.797. The topological polar surface area (TPSA) is 91.3 Å². The van der Waals surface area contributed by atoms with Crippen LogP contribution in [-0.4, -0.2) is 45.1 Å². The summed E-state index contributed by atoms with van der Waals surface area (Å²) < 4.78 is 19.9. The number of aromatic nitrogens is 3. The monoisotopic (exact) mass is 368 g/mol. The molecule has 1 aliphatic rings. The van der Waals surface area contributed by atoms with Crippen LogP contribution in [0.3, 0.4) is 0 Å². The van der Waals surface area contributed by atoms with Crippen molar-refractivity contribution in [3.63, 3.8) is 0 Å². The number of nitrogens with zero attached hydrogens (tertiary/aromatic N) is 3. The lowest BCUT2D eigenvalue weighted by Gasteiger charge is -2.15. The summed E-state index contributed by atoms with van der Waals surface area (Å²) >= 11 is 0. The van der Waals surface area contributed by atoms with Gasteiger partial charge in [-0.2, -0.15) is 5.10 Å². The predicted octanol–water partition coefficient (Wildman–Crippen LogP) is 2.98. The number of ether oxygens (including phenoxy) is 1. The van der Waals surface area contributed by atoms with Crippen molar-refractivity contribution in [1.82, 2.24) is 15.2 Å². The van der Waals surface area contributed by atoms with Crippen LogP contribution in [0.15, 0.2) is 48.8 Å². The molecule has 138 valence electrons. The van der Waals surface area contributed by atoms with Crippen molar-refractivity contribution in [2.45, 2.75) is 19.1 Å². The third-order valence-corrected chi connectivity index (χ3v) is 4.49. The zero-order valence-electron chi connectivity index (χ0n) is 14.5. The number of nitrogens with one attached hydrogen (secondary N) is 1. The molecule has 27 heavy (non-hydrogen) atoms. The molecule has 4 rings (SSSR count). The van der Waals surface area contributed by atoms with E-state index in [-0.39, 0.29) is 6.54 Å². The molecular formula is C19H17FN4O3. The fraction of sp³-hybridized carbons (Fsp3) is 0.211. The normalized spacial score (nSPS) is 17.8. The van der Waals surface area contributed by atoms with Crippen molar-refractivity contribution in [3.05, 3.63) is 54.6 Å². The number of rotatable bonds is 4. The van der Waals surface area contributed by atoms with Crippen molar-refractivity contribution in [2.75, 3.05) is 11.4 Å². The Balaban J connectivity index is 1.66. The Labute approximate surface area is 154 Å². The van der Waals surface area contributed by atoms with Gasteiger partial charge in [-0.15, -0.1) is 0 Å². The maximum atomic E-state index is 14.8. The smallest absolute Gasteiger partial charge is 0.414 e. The van der Waals surface area contributed by atoms with Gasteiger partial charge in [0.25, 0.3) is 0 Å². The molecule has 1 aromatic carbocycles. The van der Waals surface area contributed by atoms with Crippen LogP contribution in [0, 0.1) is 5.82 Å². The third kappa shape index (κ3) is 3.15. The van der Waals surface area contributed by atoms with E-state index in [1.165, 1.54) is 11.0 Å². The molecule has 0 spiro atoms. The minimum absolute atomic E-state index is 0.165. The Morgan fingerprint density at radius 3 is 2.85 bits per heavy atom. The summed E-state index contributed by atoms with van der Waals surface area (Å²) in [6.07, 6.45) is 1.21. The second-order valence-electron chi connectivity index (χ2n) is 6.31. The zero-order valence-corrected chi connectivity index (χ0v) is 14.5. The first-order chi connectivity index (χ1) is 13.0. The zero-order chi connectivity index (χ0) is 19.0. The molecule has 0 bridgehead atoms. The molecule has 2 atom stereocenters. The van der Waals surface area contributed by atoms with Crippen molar-refractivity contribution in [3.8, 4) is 22.5 Å². The third-order valence-electron chi connectivity index (χ3n) is 4.49. The molecule has 2 aromatic heterocycles. The van der Waals surface area contributed by atoms with Gasteiger partial charge in [-0.05, 0) is 37.3 Å². The largest absolute Gasteiger partial charge is 0.441 e. The van der Waals surface area contributed by atoms with Crippen LogP contribution < -0.4 is 4.90 Å². The number of pyridine rings is 1. The Morgan fingerprint density at radius 2 is 2.19 bits per heavy atom. The Kier molecular flexibility index (Phi) is 4.33. The molecule has 1 aliphatic heterocycles. The number of anilines is 1. The number of hydrogen-bond donors (Lipinski definition) is 2. The van der Waals surface area contributed by atoms with Gasteiger partial charge in [0, 0.05) is 17.3 Å². The highest BCUT2D eigenvalue weighted by molar-refractivity contribution is 5.90. The predicted molar refractivity (Wildman–Crippen MR) is 96.5 cm³/mol. The molecule has 8 heteroatoms. The van der Waals surface area contributed by atoms with E-state index in [0.29, 0.717) is 28.2 Å². The van der Waals surface area contributed by atoms with Gasteiger partial charge in [0.05, 0.1) is 35.9 Å². The fourth-order valence-corrected chi connectivity index (χ4v) is 3.03. The highest BCUT2D eigenvalue weighted by Gasteiger charge is 2.35. The lowest BCUT2D eigenvalue weighted by Crippen LogP contribution is -2.29. The van der Waals surface area contributed by atoms with E-state index < -0.39 is 24.1 Å². The van der Waals surface area contributed by atoms with Crippen LogP contribution in [0.1, 0.15) is 6.92 Å². The quantitative estimate of drug-likeness (QED) is 0.739. The molecule has 0 saturated carbocycles. The van der Waals surface area contributed by atoms with Gasteiger partial charge in [0.2, 0.25) is 0 Å². The van der Waals surface area contributed by atoms with Gasteiger partial charge in [-0.3, -0.25) is 15.0 Å². The molecule has 7 nitrogen and oxygen atoms in total. The van der Waals surface area contributed by atoms with E-state index in [1.54, 1.807) is 37.5 Å². The molecule has 2 N–H and O–H groups in total. The van der Waals surface area contributed by atoms with Gasteiger partial charge in [-0.25, -0.2) is 9.18 Å². The summed E-state index contributed by atoms with van der Waals surface area (Å²) in [7, 11) is 0. The number of aromatic amines is 1. The Bertz CT molecular complexity index is 974. The minimum Gasteiger partial charge on any atom is -0.441 e. The Hall–Kier alpha value is -3.26. The van der Waals surface area contributed by atoms with Crippen molar-refractivity contribution in [1.29, 1.82) is 0 Å². The van der Waals surface area contributed by atoms with E-state index >= 15 is 0 Å². The van der Waals surface area contributed by atoms with Crippen LogP contribution in [0.5, 0.6) is 0 Å². The molecule has 3 heterocycles. The summed E-state index contributed by atoms with van der Waals surface area (Å²) in [5, 5.41) is 16.4. The Morgan fingerprint density at radius 1 is 1.33 bits per heavy atom. The molecule has 1 amide bonds. The molecule has 2 unspecified atom stereocenters. The summed E-state index contributed by atoms with van der Waals surface area (Å²) in [5.41, 5.74) is 2.54. The van der Waals surface area contributed by atoms with Crippen LogP contribution in [0.2, 0.25) is 0 Å². The number of aliphatic hydroxyl groups excluding tert-OH is 1. The van der Waals surface area contributed by atoms with Gasteiger partial charge in [-0.1, -0.05) is 6.07 Å². The average molecular weight is 368 g/mol. The van der Waals surface area contributed by atoms with E-state index in [0.717, 1.165) is 0 Å². The average Bonchev–Trinajstić information content (AvgIpc) is 3.29. The SMILES string of the molecule is CC(O)C1CN(c2ccc(-c3[nH]ncc3-c3ccccn3)c(F)c2)C(=O)O1. The first kappa shape index (κ1) is 17.2. The van der Waals surface area contributed by atoms with Crippen molar-refractivity contribution < 1.29 is 19.0 Å². The highest BCUT2D eigenvalue weighted by Crippen LogP contribution is 2.33. The fourth-order valence-electron chi connectivity index (χ4n) is 3.03. The van der Waals surface area contributed by atoms with E-state index in [1.807, 2.05) is 12.1 Å². The number of benzene rings is 1. The molecule has 0 radical (unpaired) electrons. The number of H-pyrrole nitrogens is 1. The van der Waals surface area contributed by atoms with Gasteiger partial charge < -0.3 is 9.84 Å². The van der Waals surface area contributed by atoms with E-state index in [9.17, 15) is 14.3 Å². The summed E-state index contributed by atoms with van der Waals surface area (Å²) in [4.78, 5) is 17.6. The van der Waals surface area contributed by atoms with Gasteiger partial charge in [0.1, 0.15) is 11.9 Å². The van der Waals surface area contributed by atoms with E-state index in [4.69, 9.17) is 4.74 Å². The standard InChI is InChI=1S/C19H17FN4O3/c1-11(25)17-10-24(19(26)27-17)12-5-6-13(15(20)8-12)18-14(9-22-23-18)16-4-2-3-7-21-16/h2-9,11,17,25H,10H2,1H3,(H,22,23). The lowest BCUT2D eigenvalue weighted by molar-refractivity contribution is 0.0437. The van der Waals surface area contributed by atoms with Crippen molar-refractivity contribution >= 4 is 11.8 Å². The molecule has 1 saturated heterocycles. The number of aliphatic hydroxyl groups is 1. The summed E-state index contributed by atoms with van der Waals surface area (Å²) in [6, 6.07) is 9.94. The number of halogens is 1. The first-order valence-corrected chi connectivity index (χ1v) is 8.45.